The molecule has 108 valence electrons. The average molecular weight is 302 g/mol. The maximum Gasteiger partial charge on any atom is 0.254 e. The largest absolute Gasteiger partial charge is 0.347 e. The summed E-state index contributed by atoms with van der Waals surface area (Å²) in [5, 5.41) is 2.70. The minimum Gasteiger partial charge on any atom is -0.347 e. The summed E-state index contributed by atoms with van der Waals surface area (Å²) in [7, 11) is 0. The van der Waals surface area contributed by atoms with Crippen LogP contribution in [-0.2, 0) is 6.54 Å². The zero-order valence-corrected chi connectivity index (χ0v) is 12.4. The Hall–Kier alpha value is -2.16. The third-order valence-corrected chi connectivity index (χ3v) is 3.77. The quantitative estimate of drug-likeness (QED) is 0.856. The number of amides is 1. The van der Waals surface area contributed by atoms with Crippen LogP contribution in [0.4, 0.5) is 4.39 Å². The summed E-state index contributed by atoms with van der Waals surface area (Å²) in [6.45, 7) is 2.44. The van der Waals surface area contributed by atoms with E-state index in [1.54, 1.807) is 13.0 Å². The van der Waals surface area contributed by atoms with Gasteiger partial charge in [0.15, 0.2) is 0 Å². The van der Waals surface area contributed by atoms with Crippen LogP contribution < -0.4 is 11.1 Å². The Kier molecular flexibility index (Phi) is 5.09. The molecule has 1 heterocycles. The van der Waals surface area contributed by atoms with Crippen molar-refractivity contribution in [3.63, 3.8) is 0 Å². The second-order valence-corrected chi connectivity index (χ2v) is 5.61. The van der Waals surface area contributed by atoms with Gasteiger partial charge in [0.25, 0.3) is 5.91 Å². The summed E-state index contributed by atoms with van der Waals surface area (Å²) in [6.07, 6.45) is 0. The van der Waals surface area contributed by atoms with Crippen LogP contribution in [0.25, 0.3) is 0 Å². The molecule has 1 aromatic heterocycles. The highest BCUT2D eigenvalue weighted by atomic mass is 32.1. The first-order valence-electron chi connectivity index (χ1n) is 6.42. The lowest BCUT2D eigenvalue weighted by Crippen LogP contribution is -2.23. The van der Waals surface area contributed by atoms with E-state index >= 15 is 0 Å². The zero-order valence-electron chi connectivity index (χ0n) is 11.6. The second kappa shape index (κ2) is 7.02. The number of halogens is 1. The van der Waals surface area contributed by atoms with Crippen LogP contribution in [0.5, 0.6) is 0 Å². The predicted octanol–water partition coefficient (Wildman–Crippen LogP) is 2.44. The van der Waals surface area contributed by atoms with E-state index < -0.39 is 11.7 Å². The van der Waals surface area contributed by atoms with E-state index in [2.05, 4.69) is 17.2 Å². The van der Waals surface area contributed by atoms with Crippen LogP contribution >= 0.6 is 11.3 Å². The van der Waals surface area contributed by atoms with Crippen LogP contribution in [0.3, 0.4) is 0 Å². The van der Waals surface area contributed by atoms with Gasteiger partial charge in [0.1, 0.15) is 5.82 Å². The molecule has 0 radical (unpaired) electrons. The van der Waals surface area contributed by atoms with E-state index in [-0.39, 0.29) is 5.56 Å². The molecule has 0 fully saturated rings. The van der Waals surface area contributed by atoms with Crippen molar-refractivity contribution in [3.8, 4) is 11.8 Å². The minimum atomic E-state index is -0.506. The van der Waals surface area contributed by atoms with Crippen molar-refractivity contribution >= 4 is 17.2 Å². The highest BCUT2D eigenvalue weighted by Crippen LogP contribution is 2.16. The van der Waals surface area contributed by atoms with Crippen molar-refractivity contribution in [1.29, 1.82) is 0 Å². The Morgan fingerprint density at radius 3 is 2.90 bits per heavy atom. The van der Waals surface area contributed by atoms with Crippen LogP contribution in [0, 0.1) is 24.6 Å². The first kappa shape index (κ1) is 15.2. The van der Waals surface area contributed by atoms with E-state index in [9.17, 15) is 9.18 Å². The van der Waals surface area contributed by atoms with E-state index in [0.29, 0.717) is 13.1 Å². The molecule has 0 saturated carbocycles. The number of hydrogen-bond acceptors (Lipinski definition) is 3. The van der Waals surface area contributed by atoms with Gasteiger partial charge in [-0.25, -0.2) is 4.39 Å². The fraction of sp³-hybridized carbons (Fsp3) is 0.188. The number of carbonyl (C=O) groups is 1. The number of rotatable bonds is 3. The highest BCUT2D eigenvalue weighted by molar-refractivity contribution is 7.12. The van der Waals surface area contributed by atoms with Crippen molar-refractivity contribution in [2.75, 3.05) is 6.54 Å². The third-order valence-electron chi connectivity index (χ3n) is 2.77. The van der Waals surface area contributed by atoms with Gasteiger partial charge in [0.2, 0.25) is 0 Å². The van der Waals surface area contributed by atoms with E-state index in [4.69, 9.17) is 5.73 Å². The summed E-state index contributed by atoms with van der Waals surface area (Å²) >= 11 is 1.48. The fourth-order valence-corrected chi connectivity index (χ4v) is 2.57. The van der Waals surface area contributed by atoms with Gasteiger partial charge in [0, 0.05) is 4.88 Å². The molecule has 0 bridgehead atoms. The van der Waals surface area contributed by atoms with Crippen LogP contribution in [0.2, 0.25) is 0 Å². The van der Waals surface area contributed by atoms with Crippen LogP contribution in [0.1, 0.15) is 25.7 Å². The lowest BCUT2D eigenvalue weighted by atomic mass is 10.1. The first-order chi connectivity index (χ1) is 10.1. The molecular formula is C16H15FN2OS. The Labute approximate surface area is 127 Å². The summed E-state index contributed by atoms with van der Waals surface area (Å²) in [5.41, 5.74) is 6.15. The van der Waals surface area contributed by atoms with Gasteiger partial charge in [-0.3, -0.25) is 4.79 Å². The summed E-state index contributed by atoms with van der Waals surface area (Å²) in [5.74, 6) is 4.78. The van der Waals surface area contributed by atoms with Gasteiger partial charge in [0.05, 0.1) is 23.5 Å². The lowest BCUT2D eigenvalue weighted by Gasteiger charge is -2.05. The van der Waals surface area contributed by atoms with E-state index in [0.717, 1.165) is 15.3 Å². The van der Waals surface area contributed by atoms with Gasteiger partial charge in [-0.05, 0) is 36.8 Å². The molecule has 5 heteroatoms. The van der Waals surface area contributed by atoms with Gasteiger partial charge >= 0.3 is 0 Å². The third kappa shape index (κ3) is 4.15. The number of nitrogens with one attached hydrogen (secondary N) is 1. The maximum absolute atomic E-state index is 13.7. The molecule has 1 aromatic carbocycles. The van der Waals surface area contributed by atoms with Gasteiger partial charge < -0.3 is 11.1 Å². The Bertz CT molecular complexity index is 713. The average Bonchev–Trinajstić information content (AvgIpc) is 2.90. The number of aryl methyl sites for hydroxylation is 1. The first-order valence-corrected chi connectivity index (χ1v) is 7.24. The molecule has 1 amide bonds. The molecule has 0 aliphatic carbocycles. The van der Waals surface area contributed by atoms with E-state index in [1.807, 2.05) is 12.1 Å². The standard InChI is InChI=1S/C16H15FN2OS/c1-11-4-7-14(15(17)9-11)16(20)19-10-13-6-5-12(21-13)3-2-8-18/h4-7,9H,8,10,18H2,1H3,(H,19,20). The summed E-state index contributed by atoms with van der Waals surface area (Å²) < 4.78 is 13.7. The Morgan fingerprint density at radius 1 is 1.38 bits per heavy atom. The zero-order chi connectivity index (χ0) is 15.2. The van der Waals surface area contributed by atoms with Crippen LogP contribution in [-0.4, -0.2) is 12.5 Å². The SMILES string of the molecule is Cc1ccc(C(=O)NCc2ccc(C#CCN)s2)c(F)c1. The predicted molar refractivity (Wildman–Crippen MR) is 82.6 cm³/mol. The normalized spacial score (nSPS) is 9.86. The fourth-order valence-electron chi connectivity index (χ4n) is 1.75. The molecule has 0 saturated heterocycles. The topological polar surface area (TPSA) is 55.1 Å². The molecule has 3 N–H and O–H groups in total. The molecule has 2 aromatic rings. The van der Waals surface area contributed by atoms with Crippen molar-refractivity contribution in [2.45, 2.75) is 13.5 Å². The Morgan fingerprint density at radius 2 is 2.19 bits per heavy atom. The van der Waals surface area contributed by atoms with Crippen molar-refractivity contribution < 1.29 is 9.18 Å². The molecule has 0 aliphatic heterocycles. The van der Waals surface area contributed by atoms with Gasteiger partial charge in [-0.1, -0.05) is 17.9 Å². The van der Waals surface area contributed by atoms with Gasteiger partial charge in [-0.15, -0.1) is 11.3 Å². The second-order valence-electron chi connectivity index (χ2n) is 4.44. The number of hydrogen-bond donors (Lipinski definition) is 2. The molecule has 0 aliphatic rings. The molecule has 0 spiro atoms. The van der Waals surface area contributed by atoms with Crippen molar-refractivity contribution in [1.82, 2.24) is 5.32 Å². The lowest BCUT2D eigenvalue weighted by molar-refractivity contribution is 0.0947. The number of benzene rings is 1. The minimum absolute atomic E-state index is 0.0558. The van der Waals surface area contributed by atoms with E-state index in [1.165, 1.54) is 23.5 Å². The van der Waals surface area contributed by atoms with Gasteiger partial charge in [-0.2, -0.15) is 0 Å². The molecular weight excluding hydrogens is 287 g/mol. The van der Waals surface area contributed by atoms with Crippen molar-refractivity contribution in [3.05, 3.63) is 57.0 Å². The number of nitrogens with two attached hydrogens (primary N) is 1. The smallest absolute Gasteiger partial charge is 0.254 e. The molecule has 3 nitrogen and oxygen atoms in total. The van der Waals surface area contributed by atoms with Crippen molar-refractivity contribution in [2.24, 2.45) is 5.73 Å². The molecule has 0 atom stereocenters. The Balaban J connectivity index is 1.99. The maximum atomic E-state index is 13.7. The number of thiophene rings is 1. The number of carbonyl (C=O) groups excluding carboxylic acids is 1. The summed E-state index contributed by atoms with van der Waals surface area (Å²) in [6, 6.07) is 8.31. The highest BCUT2D eigenvalue weighted by Gasteiger charge is 2.11. The van der Waals surface area contributed by atoms with Crippen LogP contribution in [0.15, 0.2) is 30.3 Å². The molecule has 21 heavy (non-hydrogen) atoms. The molecule has 2 rings (SSSR count). The monoisotopic (exact) mass is 302 g/mol. The molecule has 0 unspecified atom stereocenters. The summed E-state index contributed by atoms with van der Waals surface area (Å²) in [4.78, 5) is 13.8.